The van der Waals surface area contributed by atoms with Gasteiger partial charge in [-0.15, -0.1) is 0 Å². The first-order valence-corrected chi connectivity index (χ1v) is 9.82. The number of nitrogens with zero attached hydrogens (tertiary/aromatic N) is 1. The first-order valence-electron chi connectivity index (χ1n) is 9.82. The van der Waals surface area contributed by atoms with Gasteiger partial charge in [0, 0.05) is 16.8 Å². The molecule has 3 rings (SSSR count). The van der Waals surface area contributed by atoms with Crippen molar-refractivity contribution >= 4 is 29.4 Å². The number of Topliss-reactive ketones (excluding diaryl/α,β-unsaturated/α-hetero) is 1. The fraction of sp³-hybridized carbons (Fsp3) is 0.0769. The van der Waals surface area contributed by atoms with Gasteiger partial charge in [-0.3, -0.25) is 9.59 Å². The predicted molar refractivity (Wildman–Crippen MR) is 120 cm³/mol. The number of rotatable bonds is 7. The quantitative estimate of drug-likeness (QED) is 0.256. The van der Waals surface area contributed by atoms with Crippen molar-refractivity contribution in [2.75, 3.05) is 5.32 Å². The lowest BCUT2D eigenvalue weighted by Gasteiger charge is -2.18. The van der Waals surface area contributed by atoms with Crippen LogP contribution in [-0.4, -0.2) is 17.7 Å². The van der Waals surface area contributed by atoms with E-state index in [9.17, 15) is 19.6 Å². The maximum Gasteiger partial charge on any atom is 0.350 e. The normalized spacial score (nSPS) is 11.7. The summed E-state index contributed by atoms with van der Waals surface area (Å²) < 4.78 is 5.46. The molecule has 0 bridgehead atoms. The number of carbonyl (C=O) groups is 3. The Labute approximate surface area is 185 Å². The lowest BCUT2D eigenvalue weighted by atomic mass is 10.1. The number of amides is 1. The number of nitrogens with one attached hydrogen (secondary N) is 1. The molecule has 0 heterocycles. The van der Waals surface area contributed by atoms with E-state index in [4.69, 9.17) is 4.74 Å². The van der Waals surface area contributed by atoms with Gasteiger partial charge in [-0.05, 0) is 30.7 Å². The molecule has 1 N–H and O–H groups in total. The third kappa shape index (κ3) is 5.77. The minimum atomic E-state index is -1.29. The summed E-state index contributed by atoms with van der Waals surface area (Å²) >= 11 is 0. The number of ether oxygens (including phenoxy) is 1. The standard InChI is InChI=1S/C26H20N2O4/c1-18(29)21-13-8-14-23(16-21)28-25(30)24(20-11-6-3-7-12-20)32-26(31)22(17-27)15-19-9-4-2-5-10-19/h2-16,24H,1H3,(H,28,30)/b22-15+. The molecule has 32 heavy (non-hydrogen) atoms. The molecule has 0 aliphatic rings. The zero-order valence-corrected chi connectivity index (χ0v) is 17.3. The number of anilines is 1. The minimum Gasteiger partial charge on any atom is -0.443 e. The number of esters is 1. The summed E-state index contributed by atoms with van der Waals surface area (Å²) in [6.07, 6.45) is 0.107. The topological polar surface area (TPSA) is 96.3 Å². The predicted octanol–water partition coefficient (Wildman–Crippen LogP) is 4.72. The van der Waals surface area contributed by atoms with Crippen LogP contribution in [0.15, 0.2) is 90.5 Å². The number of benzene rings is 3. The second kappa shape index (κ2) is 10.5. The molecule has 6 nitrogen and oxygen atoms in total. The second-order valence-corrected chi connectivity index (χ2v) is 6.90. The van der Waals surface area contributed by atoms with E-state index in [1.54, 1.807) is 78.9 Å². The summed E-state index contributed by atoms with van der Waals surface area (Å²) in [5, 5.41) is 12.1. The molecule has 0 radical (unpaired) electrons. The van der Waals surface area contributed by atoms with Gasteiger partial charge in [-0.2, -0.15) is 5.26 Å². The third-order valence-corrected chi connectivity index (χ3v) is 4.55. The van der Waals surface area contributed by atoms with E-state index in [-0.39, 0.29) is 11.4 Å². The first-order chi connectivity index (χ1) is 15.5. The van der Waals surface area contributed by atoms with E-state index in [0.717, 1.165) is 0 Å². The van der Waals surface area contributed by atoms with Crippen molar-refractivity contribution in [1.82, 2.24) is 0 Å². The average Bonchev–Trinajstić information content (AvgIpc) is 2.82. The van der Waals surface area contributed by atoms with Gasteiger partial charge in [0.25, 0.3) is 5.91 Å². The van der Waals surface area contributed by atoms with Gasteiger partial charge in [0.2, 0.25) is 6.10 Å². The van der Waals surface area contributed by atoms with Crippen LogP contribution in [-0.2, 0) is 14.3 Å². The highest BCUT2D eigenvalue weighted by Gasteiger charge is 2.27. The lowest BCUT2D eigenvalue weighted by molar-refractivity contribution is -0.150. The Morgan fingerprint density at radius 2 is 1.59 bits per heavy atom. The Bertz CT molecular complexity index is 1200. The summed E-state index contributed by atoms with van der Waals surface area (Å²) in [5.41, 5.74) is 1.69. The fourth-order valence-corrected chi connectivity index (χ4v) is 2.95. The van der Waals surface area contributed by atoms with E-state index in [1.807, 2.05) is 12.1 Å². The molecule has 3 aromatic rings. The van der Waals surface area contributed by atoms with Gasteiger partial charge in [0.05, 0.1) is 0 Å². The van der Waals surface area contributed by atoms with Gasteiger partial charge < -0.3 is 10.1 Å². The van der Waals surface area contributed by atoms with Crippen LogP contribution in [0.25, 0.3) is 6.08 Å². The SMILES string of the molecule is CC(=O)c1cccc(NC(=O)C(OC(=O)/C(C#N)=C/c2ccccc2)c2ccccc2)c1. The summed E-state index contributed by atoms with van der Waals surface area (Å²) in [6.45, 7) is 1.43. The number of ketones is 1. The molecule has 0 aliphatic carbocycles. The van der Waals surface area contributed by atoms with Gasteiger partial charge in [0.1, 0.15) is 11.6 Å². The molecular weight excluding hydrogens is 404 g/mol. The maximum absolute atomic E-state index is 13.0. The fourth-order valence-electron chi connectivity index (χ4n) is 2.95. The monoisotopic (exact) mass is 424 g/mol. The first kappa shape index (κ1) is 22.2. The molecule has 0 saturated carbocycles. The molecule has 0 spiro atoms. The van der Waals surface area contributed by atoms with Crippen LogP contribution in [0.4, 0.5) is 5.69 Å². The summed E-state index contributed by atoms with van der Waals surface area (Å²) in [4.78, 5) is 37.4. The van der Waals surface area contributed by atoms with Crippen molar-refractivity contribution in [3.05, 3.63) is 107 Å². The molecule has 3 aromatic carbocycles. The zero-order valence-electron chi connectivity index (χ0n) is 17.3. The van der Waals surface area contributed by atoms with Crippen LogP contribution in [0.1, 0.15) is 34.5 Å². The lowest BCUT2D eigenvalue weighted by Crippen LogP contribution is -2.26. The van der Waals surface area contributed by atoms with Crippen molar-refractivity contribution in [3.63, 3.8) is 0 Å². The van der Waals surface area contributed by atoms with Gasteiger partial charge in [-0.25, -0.2) is 4.79 Å². The van der Waals surface area contributed by atoms with Crippen molar-refractivity contribution in [1.29, 1.82) is 5.26 Å². The van der Waals surface area contributed by atoms with Crippen LogP contribution >= 0.6 is 0 Å². The van der Waals surface area contributed by atoms with Crippen LogP contribution < -0.4 is 5.32 Å². The van der Waals surface area contributed by atoms with Crippen molar-refractivity contribution in [3.8, 4) is 6.07 Å². The number of nitriles is 1. The molecule has 0 saturated heterocycles. The van der Waals surface area contributed by atoms with Gasteiger partial charge in [-0.1, -0.05) is 72.8 Å². The van der Waals surface area contributed by atoms with Crippen LogP contribution in [0.2, 0.25) is 0 Å². The molecule has 1 atom stereocenters. The summed E-state index contributed by atoms with van der Waals surface area (Å²) in [5.74, 6) is -1.67. The van der Waals surface area contributed by atoms with E-state index in [0.29, 0.717) is 22.4 Å². The third-order valence-electron chi connectivity index (χ3n) is 4.55. The van der Waals surface area contributed by atoms with Crippen LogP contribution in [0, 0.1) is 11.3 Å². The van der Waals surface area contributed by atoms with Crippen molar-refractivity contribution < 1.29 is 19.1 Å². The molecule has 158 valence electrons. The molecule has 1 amide bonds. The van der Waals surface area contributed by atoms with Crippen LogP contribution in [0.3, 0.4) is 0 Å². The van der Waals surface area contributed by atoms with Crippen molar-refractivity contribution in [2.24, 2.45) is 0 Å². The second-order valence-electron chi connectivity index (χ2n) is 6.90. The Hall–Kier alpha value is -4.50. The Morgan fingerprint density at radius 3 is 2.22 bits per heavy atom. The average molecular weight is 424 g/mol. The molecule has 0 aromatic heterocycles. The number of hydrogen-bond acceptors (Lipinski definition) is 5. The van der Waals surface area contributed by atoms with Gasteiger partial charge in [0.15, 0.2) is 5.78 Å². The Balaban J connectivity index is 1.86. The Kier molecular flexibility index (Phi) is 7.29. The molecule has 0 aliphatic heterocycles. The molecule has 1 unspecified atom stereocenters. The molecule has 0 fully saturated rings. The highest BCUT2D eigenvalue weighted by Crippen LogP contribution is 2.22. The van der Waals surface area contributed by atoms with Crippen molar-refractivity contribution in [2.45, 2.75) is 13.0 Å². The van der Waals surface area contributed by atoms with E-state index >= 15 is 0 Å². The smallest absolute Gasteiger partial charge is 0.350 e. The minimum absolute atomic E-state index is 0.142. The number of carbonyl (C=O) groups excluding carboxylic acids is 3. The molecular formula is C26H20N2O4. The summed E-state index contributed by atoms with van der Waals surface area (Å²) in [7, 11) is 0. The Morgan fingerprint density at radius 1 is 0.938 bits per heavy atom. The van der Waals surface area contributed by atoms with E-state index in [1.165, 1.54) is 13.0 Å². The van der Waals surface area contributed by atoms with E-state index < -0.39 is 18.0 Å². The zero-order chi connectivity index (χ0) is 22.9. The summed E-state index contributed by atoms with van der Waals surface area (Å²) in [6, 6.07) is 25.6. The van der Waals surface area contributed by atoms with E-state index in [2.05, 4.69) is 5.32 Å². The number of hydrogen-bond donors (Lipinski definition) is 1. The highest BCUT2D eigenvalue weighted by atomic mass is 16.5. The van der Waals surface area contributed by atoms with Gasteiger partial charge >= 0.3 is 5.97 Å². The largest absolute Gasteiger partial charge is 0.443 e. The molecule has 6 heteroatoms. The highest BCUT2D eigenvalue weighted by molar-refractivity contribution is 6.02. The van der Waals surface area contributed by atoms with Crippen LogP contribution in [0.5, 0.6) is 0 Å². The maximum atomic E-state index is 13.0.